The molecule has 0 aliphatic heterocycles. The summed E-state index contributed by atoms with van der Waals surface area (Å²) in [5.41, 5.74) is -2.25. The van der Waals surface area contributed by atoms with Gasteiger partial charge in [0, 0.05) is 10.0 Å². The lowest BCUT2D eigenvalue weighted by atomic mass is 10.1. The number of rotatable bonds is 6. The Bertz CT molecular complexity index is 1020. The summed E-state index contributed by atoms with van der Waals surface area (Å²) in [6.07, 6.45) is -6.08. The fourth-order valence-electron chi connectivity index (χ4n) is 2.59. The van der Waals surface area contributed by atoms with Crippen molar-refractivity contribution in [3.8, 4) is 17.0 Å². The van der Waals surface area contributed by atoms with Crippen molar-refractivity contribution in [1.29, 1.82) is 0 Å². The van der Waals surface area contributed by atoms with Crippen molar-refractivity contribution in [2.24, 2.45) is 0 Å². The molecule has 1 unspecified atom stereocenters. The van der Waals surface area contributed by atoms with Gasteiger partial charge in [-0.3, -0.25) is 4.79 Å². The minimum atomic E-state index is -4.84. The largest absolute Gasteiger partial charge is 0.491 e. The first kappa shape index (κ1) is 21.1. The van der Waals surface area contributed by atoms with Gasteiger partial charge < -0.3 is 9.84 Å². The zero-order valence-corrected chi connectivity index (χ0v) is 16.5. The first-order valence-electron chi connectivity index (χ1n) is 8.55. The van der Waals surface area contributed by atoms with Crippen molar-refractivity contribution >= 4 is 15.9 Å². The van der Waals surface area contributed by atoms with Crippen LogP contribution in [0.1, 0.15) is 5.56 Å². The highest BCUT2D eigenvalue weighted by Gasteiger charge is 2.35. The van der Waals surface area contributed by atoms with E-state index in [0.717, 1.165) is 10.5 Å². The van der Waals surface area contributed by atoms with E-state index in [1.54, 1.807) is 54.6 Å². The topological polar surface area (TPSA) is 64.4 Å². The number of benzene rings is 2. The van der Waals surface area contributed by atoms with Gasteiger partial charge in [0.05, 0.1) is 12.2 Å². The van der Waals surface area contributed by atoms with Crippen molar-refractivity contribution in [2.75, 3.05) is 6.61 Å². The number of aliphatic hydroxyl groups is 1. The number of halogens is 4. The quantitative estimate of drug-likeness (QED) is 0.590. The zero-order valence-electron chi connectivity index (χ0n) is 14.9. The van der Waals surface area contributed by atoms with Gasteiger partial charge in [0.1, 0.15) is 24.0 Å². The second-order valence-corrected chi connectivity index (χ2v) is 7.13. The summed E-state index contributed by atoms with van der Waals surface area (Å²) < 4.78 is 46.9. The lowest BCUT2D eigenvalue weighted by molar-refractivity contribution is -0.139. The maximum absolute atomic E-state index is 13.3. The molecule has 29 heavy (non-hydrogen) atoms. The third kappa shape index (κ3) is 5.45. The molecule has 1 atom stereocenters. The van der Waals surface area contributed by atoms with E-state index in [1.165, 1.54) is 0 Å². The Morgan fingerprint density at radius 2 is 1.76 bits per heavy atom. The van der Waals surface area contributed by atoms with E-state index >= 15 is 0 Å². The molecular formula is C20H16BrF3N2O3. The molecule has 0 spiro atoms. The molecule has 0 aliphatic carbocycles. The van der Waals surface area contributed by atoms with Crippen LogP contribution in [-0.2, 0) is 12.7 Å². The Hall–Kier alpha value is -2.65. The van der Waals surface area contributed by atoms with Crippen LogP contribution >= 0.6 is 15.9 Å². The number of alkyl halides is 3. The molecular weight excluding hydrogens is 453 g/mol. The van der Waals surface area contributed by atoms with Gasteiger partial charge in [-0.1, -0.05) is 46.3 Å². The minimum Gasteiger partial charge on any atom is -0.491 e. The normalized spacial score (nSPS) is 12.6. The van der Waals surface area contributed by atoms with Crippen molar-refractivity contribution in [1.82, 2.24) is 9.78 Å². The molecule has 3 rings (SSSR count). The Morgan fingerprint density at radius 3 is 2.38 bits per heavy atom. The van der Waals surface area contributed by atoms with Crippen LogP contribution in [0.25, 0.3) is 11.3 Å². The van der Waals surface area contributed by atoms with Crippen molar-refractivity contribution in [3.63, 3.8) is 0 Å². The molecule has 3 aromatic rings. The summed E-state index contributed by atoms with van der Waals surface area (Å²) in [6.45, 7) is -0.661. The highest BCUT2D eigenvalue weighted by atomic mass is 79.9. The van der Waals surface area contributed by atoms with Gasteiger partial charge in [-0.05, 0) is 30.3 Å². The second kappa shape index (κ2) is 8.79. The molecule has 5 nitrogen and oxygen atoms in total. The highest BCUT2D eigenvalue weighted by molar-refractivity contribution is 9.10. The van der Waals surface area contributed by atoms with Gasteiger partial charge in [0.15, 0.2) is 0 Å². The van der Waals surface area contributed by atoms with E-state index in [-0.39, 0.29) is 12.3 Å². The third-order valence-corrected chi connectivity index (χ3v) is 4.52. The smallest absolute Gasteiger partial charge is 0.421 e. The van der Waals surface area contributed by atoms with Gasteiger partial charge in [0.25, 0.3) is 5.56 Å². The Kier molecular flexibility index (Phi) is 6.39. The average molecular weight is 469 g/mol. The van der Waals surface area contributed by atoms with Crippen LogP contribution in [0, 0.1) is 0 Å². The van der Waals surface area contributed by atoms with Crippen molar-refractivity contribution < 1.29 is 23.0 Å². The SMILES string of the molecule is O=c1c(C(F)(F)F)cc(-c2ccccc2)nn1CC(O)COc1ccc(Br)cc1. The standard InChI is InChI=1S/C20H16BrF3N2O3/c21-14-6-8-16(9-7-14)29-12-15(27)11-26-19(28)17(20(22,23)24)10-18(25-26)13-4-2-1-3-5-13/h1-10,15,27H,11-12H2. The average Bonchev–Trinajstić information content (AvgIpc) is 2.69. The Balaban J connectivity index is 1.85. The van der Waals surface area contributed by atoms with E-state index in [4.69, 9.17) is 4.74 Å². The molecule has 1 N–H and O–H groups in total. The molecule has 1 heterocycles. The van der Waals surface area contributed by atoms with Crippen LogP contribution in [0.15, 0.2) is 69.9 Å². The number of ether oxygens (including phenoxy) is 1. The van der Waals surface area contributed by atoms with E-state index < -0.39 is 29.9 Å². The molecule has 9 heteroatoms. The fraction of sp³-hybridized carbons (Fsp3) is 0.200. The molecule has 2 aromatic carbocycles. The molecule has 0 aliphatic rings. The molecule has 0 bridgehead atoms. The predicted molar refractivity (Wildman–Crippen MR) is 105 cm³/mol. The predicted octanol–water partition coefficient (Wildman–Crippen LogP) is 4.13. The maximum atomic E-state index is 13.3. The molecule has 0 amide bonds. The van der Waals surface area contributed by atoms with E-state index in [1.807, 2.05) is 0 Å². The number of hydrogen-bond donors (Lipinski definition) is 1. The minimum absolute atomic E-state index is 0.0152. The molecule has 0 saturated heterocycles. The third-order valence-electron chi connectivity index (χ3n) is 3.99. The molecule has 152 valence electrons. The summed E-state index contributed by atoms with van der Waals surface area (Å²) in [5, 5.41) is 14.2. The lowest BCUT2D eigenvalue weighted by Gasteiger charge is -2.16. The van der Waals surface area contributed by atoms with Crippen molar-refractivity contribution in [3.05, 3.63) is 81.1 Å². The molecule has 0 fully saturated rings. The van der Waals surface area contributed by atoms with Crippen LogP contribution in [0.4, 0.5) is 13.2 Å². The van der Waals surface area contributed by atoms with Crippen LogP contribution in [0.2, 0.25) is 0 Å². The first-order valence-corrected chi connectivity index (χ1v) is 9.34. The molecule has 1 aromatic heterocycles. The summed E-state index contributed by atoms with van der Waals surface area (Å²) in [7, 11) is 0. The van der Waals surface area contributed by atoms with Gasteiger partial charge in [-0.2, -0.15) is 18.3 Å². The van der Waals surface area contributed by atoms with E-state index in [9.17, 15) is 23.1 Å². The van der Waals surface area contributed by atoms with Gasteiger partial charge in [-0.25, -0.2) is 4.68 Å². The monoisotopic (exact) mass is 468 g/mol. The van der Waals surface area contributed by atoms with Crippen LogP contribution in [0.3, 0.4) is 0 Å². The number of aliphatic hydroxyl groups excluding tert-OH is 1. The van der Waals surface area contributed by atoms with E-state index in [2.05, 4.69) is 21.0 Å². The number of aromatic nitrogens is 2. The fourth-order valence-corrected chi connectivity index (χ4v) is 2.86. The van der Waals surface area contributed by atoms with Gasteiger partial charge in [-0.15, -0.1) is 0 Å². The van der Waals surface area contributed by atoms with E-state index in [0.29, 0.717) is 16.0 Å². The summed E-state index contributed by atoms with van der Waals surface area (Å²) in [4.78, 5) is 12.3. The maximum Gasteiger partial charge on any atom is 0.421 e. The Labute approximate surface area is 172 Å². The lowest BCUT2D eigenvalue weighted by Crippen LogP contribution is -2.35. The van der Waals surface area contributed by atoms with Crippen LogP contribution in [0.5, 0.6) is 5.75 Å². The van der Waals surface area contributed by atoms with Crippen LogP contribution < -0.4 is 10.3 Å². The highest BCUT2D eigenvalue weighted by Crippen LogP contribution is 2.29. The molecule has 0 radical (unpaired) electrons. The van der Waals surface area contributed by atoms with Crippen molar-refractivity contribution in [2.45, 2.75) is 18.8 Å². The Morgan fingerprint density at radius 1 is 1.10 bits per heavy atom. The summed E-state index contributed by atoms with van der Waals surface area (Å²) >= 11 is 3.28. The zero-order chi connectivity index (χ0) is 21.0. The molecule has 0 saturated carbocycles. The van der Waals surface area contributed by atoms with Crippen LogP contribution in [-0.4, -0.2) is 27.6 Å². The second-order valence-electron chi connectivity index (χ2n) is 6.21. The van der Waals surface area contributed by atoms with Gasteiger partial charge >= 0.3 is 6.18 Å². The summed E-state index contributed by atoms with van der Waals surface area (Å²) in [6, 6.07) is 15.7. The number of hydrogen-bond acceptors (Lipinski definition) is 4. The van der Waals surface area contributed by atoms with Gasteiger partial charge in [0.2, 0.25) is 0 Å². The summed E-state index contributed by atoms with van der Waals surface area (Å²) in [5.74, 6) is 0.474. The number of nitrogens with zero attached hydrogens (tertiary/aromatic N) is 2. The first-order chi connectivity index (χ1) is 13.7.